The third-order valence-electron chi connectivity index (χ3n) is 4.71. The van der Waals surface area contributed by atoms with Crippen molar-refractivity contribution in [3.63, 3.8) is 0 Å². The first-order valence-electron chi connectivity index (χ1n) is 10.4. The summed E-state index contributed by atoms with van der Waals surface area (Å²) in [6, 6.07) is 28.1. The van der Waals surface area contributed by atoms with Gasteiger partial charge in [0.15, 0.2) is 0 Å². The van der Waals surface area contributed by atoms with Crippen LogP contribution in [0.15, 0.2) is 89.8 Å². The average molecular weight is 429 g/mol. The molecule has 0 aliphatic rings. The van der Waals surface area contributed by atoms with Gasteiger partial charge in [-0.2, -0.15) is 0 Å². The highest BCUT2D eigenvalue weighted by Gasteiger charge is 2.17. The number of amides is 1. The monoisotopic (exact) mass is 428 g/mol. The van der Waals surface area contributed by atoms with Gasteiger partial charge in [-0.05, 0) is 56.9 Å². The number of carbonyl (C=O) groups is 1. The zero-order valence-corrected chi connectivity index (χ0v) is 18.9. The van der Waals surface area contributed by atoms with Crippen molar-refractivity contribution in [3.05, 3.63) is 96.1 Å². The van der Waals surface area contributed by atoms with Crippen LogP contribution in [0.4, 0.5) is 5.69 Å². The Bertz CT molecular complexity index is 1020. The molecule has 4 heteroatoms. The van der Waals surface area contributed by atoms with Crippen LogP contribution in [-0.2, 0) is 10.5 Å². The first-order chi connectivity index (χ1) is 15.1. The molecule has 3 aromatic rings. The van der Waals surface area contributed by atoms with Gasteiger partial charge in [-0.1, -0.05) is 66.6 Å². The summed E-state index contributed by atoms with van der Waals surface area (Å²) in [5, 5.41) is 0. The number of hydrogen-bond acceptors (Lipinski definition) is 3. The smallest absolute Gasteiger partial charge is 0.303 e. The molecule has 31 heavy (non-hydrogen) atoms. The van der Waals surface area contributed by atoms with Crippen LogP contribution in [0.2, 0.25) is 0 Å². The summed E-state index contributed by atoms with van der Waals surface area (Å²) in [4.78, 5) is 18.2. The molecular formula is C27H28N2OS. The Balaban J connectivity index is 1.83. The molecule has 0 aliphatic heterocycles. The number of thioether (sulfide) groups is 1. The molecule has 0 radical (unpaired) electrons. The SMILES string of the molecule is CN(C)CCCN(C(=O)C#Cc1ccccc1)c1ccccc1SCc1ccccc1. The first kappa shape index (κ1) is 22.7. The largest absolute Gasteiger partial charge is 0.309 e. The molecule has 0 aliphatic carbocycles. The fourth-order valence-electron chi connectivity index (χ4n) is 3.13. The van der Waals surface area contributed by atoms with E-state index in [2.05, 4.69) is 47.1 Å². The number of nitrogens with zero attached hydrogens (tertiary/aromatic N) is 2. The summed E-state index contributed by atoms with van der Waals surface area (Å²) in [6.45, 7) is 1.54. The normalized spacial score (nSPS) is 10.4. The second-order valence-corrected chi connectivity index (χ2v) is 8.49. The fourth-order valence-corrected chi connectivity index (χ4v) is 4.14. The second-order valence-electron chi connectivity index (χ2n) is 7.47. The van der Waals surface area contributed by atoms with Crippen LogP contribution < -0.4 is 4.90 Å². The Labute approximate surface area is 190 Å². The Morgan fingerprint density at radius 1 is 0.839 bits per heavy atom. The van der Waals surface area contributed by atoms with Gasteiger partial charge in [-0.25, -0.2) is 0 Å². The zero-order chi connectivity index (χ0) is 21.9. The predicted molar refractivity (Wildman–Crippen MR) is 131 cm³/mol. The van der Waals surface area contributed by atoms with Crippen molar-refractivity contribution < 1.29 is 4.79 Å². The van der Waals surface area contributed by atoms with Gasteiger partial charge in [-0.15, -0.1) is 11.8 Å². The van der Waals surface area contributed by atoms with Crippen LogP contribution in [0.1, 0.15) is 17.5 Å². The van der Waals surface area contributed by atoms with Crippen LogP contribution in [0.3, 0.4) is 0 Å². The maximum absolute atomic E-state index is 13.1. The van der Waals surface area contributed by atoms with Crippen LogP contribution in [0.5, 0.6) is 0 Å². The van der Waals surface area contributed by atoms with Crippen LogP contribution in [0, 0.1) is 11.8 Å². The lowest BCUT2D eigenvalue weighted by molar-refractivity contribution is -0.113. The summed E-state index contributed by atoms with van der Waals surface area (Å²) < 4.78 is 0. The van der Waals surface area contributed by atoms with E-state index in [1.807, 2.05) is 73.6 Å². The van der Waals surface area contributed by atoms with Crippen molar-refractivity contribution in [2.45, 2.75) is 17.1 Å². The minimum atomic E-state index is -0.171. The van der Waals surface area contributed by atoms with Gasteiger partial charge in [-0.3, -0.25) is 4.79 Å². The molecule has 0 fully saturated rings. The fraction of sp³-hybridized carbons (Fsp3) is 0.222. The van der Waals surface area contributed by atoms with Crippen molar-refractivity contribution in [2.75, 3.05) is 32.1 Å². The molecule has 3 aromatic carbocycles. The summed E-state index contributed by atoms with van der Waals surface area (Å²) in [5.41, 5.74) is 3.03. The van der Waals surface area contributed by atoms with Crippen molar-refractivity contribution in [2.24, 2.45) is 0 Å². The van der Waals surface area contributed by atoms with Gasteiger partial charge in [0.05, 0.1) is 5.69 Å². The molecule has 0 saturated heterocycles. The molecule has 0 atom stereocenters. The van der Waals surface area contributed by atoms with Crippen LogP contribution in [-0.4, -0.2) is 38.0 Å². The highest BCUT2D eigenvalue weighted by molar-refractivity contribution is 7.98. The van der Waals surface area contributed by atoms with E-state index in [0.29, 0.717) is 6.54 Å². The Morgan fingerprint density at radius 2 is 1.48 bits per heavy atom. The summed E-state index contributed by atoms with van der Waals surface area (Å²) in [7, 11) is 4.09. The van der Waals surface area contributed by atoms with Crippen LogP contribution >= 0.6 is 11.8 Å². The minimum Gasteiger partial charge on any atom is -0.309 e. The molecule has 0 heterocycles. The van der Waals surface area contributed by atoms with E-state index in [-0.39, 0.29) is 5.91 Å². The number of hydrogen-bond donors (Lipinski definition) is 0. The molecule has 0 saturated carbocycles. The van der Waals surface area contributed by atoms with Crippen molar-refractivity contribution in [3.8, 4) is 11.8 Å². The lowest BCUT2D eigenvalue weighted by atomic mass is 10.2. The molecule has 0 N–H and O–H groups in total. The van der Waals surface area contributed by atoms with Gasteiger partial charge >= 0.3 is 5.91 Å². The average Bonchev–Trinajstić information content (AvgIpc) is 2.80. The molecule has 1 amide bonds. The highest BCUT2D eigenvalue weighted by Crippen LogP contribution is 2.32. The molecule has 0 aromatic heterocycles. The number of carbonyl (C=O) groups excluding carboxylic acids is 1. The third-order valence-corrected chi connectivity index (χ3v) is 5.85. The number of benzene rings is 3. The van der Waals surface area contributed by atoms with E-state index >= 15 is 0 Å². The molecule has 0 unspecified atom stereocenters. The topological polar surface area (TPSA) is 23.6 Å². The van der Waals surface area contributed by atoms with Crippen molar-refractivity contribution in [1.82, 2.24) is 4.90 Å². The van der Waals surface area contributed by atoms with Gasteiger partial charge in [0.25, 0.3) is 0 Å². The van der Waals surface area contributed by atoms with E-state index < -0.39 is 0 Å². The van der Waals surface area contributed by atoms with Crippen molar-refractivity contribution >= 4 is 23.4 Å². The lowest BCUT2D eigenvalue weighted by Crippen LogP contribution is -2.32. The highest BCUT2D eigenvalue weighted by atomic mass is 32.2. The predicted octanol–water partition coefficient (Wildman–Crippen LogP) is 5.32. The summed E-state index contributed by atoms with van der Waals surface area (Å²) in [6.07, 6.45) is 0.878. The van der Waals surface area contributed by atoms with E-state index in [9.17, 15) is 4.79 Å². The first-order valence-corrected chi connectivity index (χ1v) is 11.4. The number of rotatable bonds is 8. The Kier molecular flexibility index (Phi) is 8.78. The standard InChI is InChI=1S/C27H28N2OS/c1-28(2)20-11-21-29(27(30)19-18-23-12-5-3-6-13-23)25-16-9-10-17-26(25)31-22-24-14-7-4-8-15-24/h3-10,12-17H,11,20-22H2,1-2H3. The summed E-state index contributed by atoms with van der Waals surface area (Å²) in [5.74, 6) is 6.55. The van der Waals surface area contributed by atoms with E-state index in [1.54, 1.807) is 11.8 Å². The van der Waals surface area contributed by atoms with Crippen LogP contribution in [0.25, 0.3) is 0 Å². The number of anilines is 1. The quantitative estimate of drug-likeness (QED) is 0.359. The van der Waals surface area contributed by atoms with E-state index in [4.69, 9.17) is 0 Å². The minimum absolute atomic E-state index is 0.171. The number of para-hydroxylation sites is 1. The Morgan fingerprint density at radius 3 is 2.19 bits per heavy atom. The molecular weight excluding hydrogens is 400 g/mol. The van der Waals surface area contributed by atoms with Crippen molar-refractivity contribution in [1.29, 1.82) is 0 Å². The maximum Gasteiger partial charge on any atom is 0.303 e. The molecule has 3 rings (SSSR count). The van der Waals surface area contributed by atoms with E-state index in [1.165, 1.54) is 5.56 Å². The lowest BCUT2D eigenvalue weighted by Gasteiger charge is -2.24. The van der Waals surface area contributed by atoms with Gasteiger partial charge in [0.2, 0.25) is 0 Å². The second kappa shape index (κ2) is 12.0. The Hall–Kier alpha value is -3.00. The summed E-state index contributed by atoms with van der Waals surface area (Å²) >= 11 is 1.75. The van der Waals surface area contributed by atoms with Gasteiger partial charge in [0.1, 0.15) is 0 Å². The zero-order valence-electron chi connectivity index (χ0n) is 18.1. The third kappa shape index (κ3) is 7.32. The van der Waals surface area contributed by atoms with E-state index in [0.717, 1.165) is 34.9 Å². The molecule has 3 nitrogen and oxygen atoms in total. The molecule has 158 valence electrons. The van der Waals surface area contributed by atoms with Gasteiger partial charge < -0.3 is 9.80 Å². The molecule has 0 bridgehead atoms. The van der Waals surface area contributed by atoms with Gasteiger partial charge in [0, 0.05) is 28.7 Å². The molecule has 0 spiro atoms. The maximum atomic E-state index is 13.1.